The highest BCUT2D eigenvalue weighted by atomic mass is 32.2. The lowest BCUT2D eigenvalue weighted by molar-refractivity contribution is 0.0497. The summed E-state index contributed by atoms with van der Waals surface area (Å²) in [6, 6.07) is 0.840. The molecule has 1 saturated heterocycles. The Labute approximate surface area is 120 Å². The molecule has 1 aliphatic heterocycles. The van der Waals surface area contributed by atoms with Crippen molar-refractivity contribution in [1.29, 1.82) is 0 Å². The van der Waals surface area contributed by atoms with Crippen LogP contribution in [0, 0.1) is 5.92 Å². The molecule has 4 nitrogen and oxygen atoms in total. The van der Waals surface area contributed by atoms with Crippen molar-refractivity contribution in [2.45, 2.75) is 57.7 Å². The Morgan fingerprint density at radius 3 is 2.63 bits per heavy atom. The van der Waals surface area contributed by atoms with Crippen molar-refractivity contribution in [3.05, 3.63) is 0 Å². The van der Waals surface area contributed by atoms with Gasteiger partial charge in [-0.05, 0) is 51.7 Å². The molecule has 0 radical (unpaired) electrons. The van der Waals surface area contributed by atoms with Crippen molar-refractivity contribution < 1.29 is 9.53 Å². The van der Waals surface area contributed by atoms with E-state index in [9.17, 15) is 4.79 Å². The Hall–Kier alpha value is -0.420. The second-order valence-electron chi connectivity index (χ2n) is 6.56. The van der Waals surface area contributed by atoms with Crippen LogP contribution in [0.5, 0.6) is 0 Å². The number of rotatable bonds is 5. The quantitative estimate of drug-likeness (QED) is 0.815. The third-order valence-corrected chi connectivity index (χ3v) is 4.61. The maximum atomic E-state index is 11.8. The second kappa shape index (κ2) is 6.35. The molecule has 1 amide bonds. The van der Waals surface area contributed by atoms with E-state index >= 15 is 0 Å². The highest BCUT2D eigenvalue weighted by Gasteiger charge is 2.33. The molecule has 1 heterocycles. The molecule has 2 N–H and O–H groups in total. The summed E-state index contributed by atoms with van der Waals surface area (Å²) >= 11 is 2.01. The van der Waals surface area contributed by atoms with Gasteiger partial charge in [-0.1, -0.05) is 0 Å². The number of ether oxygens (including phenoxy) is 1. The van der Waals surface area contributed by atoms with E-state index in [2.05, 4.69) is 10.6 Å². The van der Waals surface area contributed by atoms with Crippen molar-refractivity contribution in [2.75, 3.05) is 18.1 Å². The normalized spacial score (nSPS) is 25.1. The van der Waals surface area contributed by atoms with Crippen molar-refractivity contribution >= 4 is 17.9 Å². The van der Waals surface area contributed by atoms with E-state index in [4.69, 9.17) is 4.74 Å². The Morgan fingerprint density at radius 1 is 1.37 bits per heavy atom. The minimum atomic E-state index is -0.423. The highest BCUT2D eigenvalue weighted by Crippen LogP contribution is 2.32. The van der Waals surface area contributed by atoms with Gasteiger partial charge >= 0.3 is 6.09 Å². The first-order valence-electron chi connectivity index (χ1n) is 7.25. The molecular weight excluding hydrogens is 260 g/mol. The molecule has 19 heavy (non-hydrogen) atoms. The van der Waals surface area contributed by atoms with E-state index in [1.807, 2.05) is 32.5 Å². The van der Waals surface area contributed by atoms with Crippen LogP contribution in [0.1, 0.15) is 40.0 Å². The number of hydrogen-bond donors (Lipinski definition) is 2. The summed E-state index contributed by atoms with van der Waals surface area (Å²) in [5.74, 6) is 3.09. The van der Waals surface area contributed by atoms with Crippen LogP contribution in [0.4, 0.5) is 4.79 Å². The van der Waals surface area contributed by atoms with Crippen LogP contribution in [0.2, 0.25) is 0 Å². The third-order valence-electron chi connectivity index (χ3n) is 3.45. The van der Waals surface area contributed by atoms with Crippen LogP contribution in [0.15, 0.2) is 0 Å². The number of thioether (sulfide) groups is 1. The monoisotopic (exact) mass is 286 g/mol. The zero-order valence-corrected chi connectivity index (χ0v) is 13.0. The van der Waals surface area contributed by atoms with Crippen LogP contribution in [0.3, 0.4) is 0 Å². The van der Waals surface area contributed by atoms with E-state index in [0.29, 0.717) is 12.0 Å². The van der Waals surface area contributed by atoms with Crippen LogP contribution in [-0.4, -0.2) is 41.8 Å². The minimum absolute atomic E-state index is 0.223. The molecule has 2 unspecified atom stereocenters. The Morgan fingerprint density at radius 2 is 2.11 bits per heavy atom. The number of amides is 1. The van der Waals surface area contributed by atoms with Crippen molar-refractivity contribution in [3.8, 4) is 0 Å². The van der Waals surface area contributed by atoms with E-state index in [-0.39, 0.29) is 12.1 Å². The zero-order chi connectivity index (χ0) is 13.9. The average Bonchev–Trinajstić information content (AvgIpc) is 2.99. The summed E-state index contributed by atoms with van der Waals surface area (Å²) in [5.41, 5.74) is -0.423. The van der Waals surface area contributed by atoms with Gasteiger partial charge in [0.05, 0.1) is 0 Å². The lowest BCUT2D eigenvalue weighted by Gasteiger charge is -2.24. The first-order valence-corrected chi connectivity index (χ1v) is 8.40. The van der Waals surface area contributed by atoms with Gasteiger partial charge in [0.15, 0.2) is 0 Å². The topological polar surface area (TPSA) is 50.4 Å². The van der Waals surface area contributed by atoms with Gasteiger partial charge in [0.1, 0.15) is 5.60 Å². The maximum absolute atomic E-state index is 11.8. The lowest BCUT2D eigenvalue weighted by Crippen LogP contribution is -2.47. The van der Waals surface area contributed by atoms with Gasteiger partial charge in [-0.3, -0.25) is 0 Å². The van der Waals surface area contributed by atoms with Gasteiger partial charge in [-0.2, -0.15) is 11.8 Å². The first kappa shape index (κ1) is 15.0. The second-order valence-corrected chi connectivity index (χ2v) is 7.71. The fourth-order valence-corrected chi connectivity index (χ4v) is 3.47. The molecular formula is C14H26N2O2S. The predicted molar refractivity (Wildman–Crippen MR) is 79.6 cm³/mol. The molecule has 1 saturated carbocycles. The highest BCUT2D eigenvalue weighted by molar-refractivity contribution is 7.99. The molecule has 0 aromatic carbocycles. The van der Waals surface area contributed by atoms with Gasteiger partial charge < -0.3 is 15.4 Å². The molecule has 2 atom stereocenters. The fourth-order valence-electron chi connectivity index (χ4n) is 2.28. The molecule has 2 rings (SSSR count). The number of carbonyl (C=O) groups is 1. The molecule has 110 valence electrons. The van der Waals surface area contributed by atoms with E-state index in [1.54, 1.807) is 0 Å². The van der Waals surface area contributed by atoms with Crippen molar-refractivity contribution in [1.82, 2.24) is 10.6 Å². The molecule has 5 heteroatoms. The third kappa shape index (κ3) is 5.61. The maximum Gasteiger partial charge on any atom is 0.407 e. The Balaban J connectivity index is 1.74. The number of nitrogens with one attached hydrogen (secondary N) is 2. The summed E-state index contributed by atoms with van der Waals surface area (Å²) in [7, 11) is 0. The van der Waals surface area contributed by atoms with Gasteiger partial charge in [0.2, 0.25) is 0 Å². The fraction of sp³-hybridized carbons (Fsp3) is 0.929. The molecule has 0 spiro atoms. The summed E-state index contributed by atoms with van der Waals surface area (Å²) in [4.78, 5) is 11.8. The van der Waals surface area contributed by atoms with Crippen LogP contribution >= 0.6 is 11.8 Å². The Bertz CT molecular complexity index is 307. The van der Waals surface area contributed by atoms with Crippen molar-refractivity contribution in [3.63, 3.8) is 0 Å². The van der Waals surface area contributed by atoms with E-state index in [1.165, 1.54) is 30.8 Å². The number of carbonyl (C=O) groups excluding carboxylic acids is 1. The van der Waals surface area contributed by atoms with E-state index < -0.39 is 5.60 Å². The van der Waals surface area contributed by atoms with Crippen LogP contribution < -0.4 is 10.6 Å². The molecule has 1 aliphatic carbocycles. The molecule has 0 aromatic heterocycles. The molecule has 2 fully saturated rings. The number of alkyl carbamates (subject to hydrolysis) is 1. The zero-order valence-electron chi connectivity index (χ0n) is 12.2. The van der Waals surface area contributed by atoms with E-state index in [0.717, 1.165) is 6.54 Å². The van der Waals surface area contributed by atoms with Gasteiger partial charge in [-0.15, -0.1) is 0 Å². The number of hydrogen-bond acceptors (Lipinski definition) is 4. The summed E-state index contributed by atoms with van der Waals surface area (Å²) in [6.45, 7) is 6.56. The van der Waals surface area contributed by atoms with Crippen molar-refractivity contribution in [2.24, 2.45) is 5.92 Å². The van der Waals surface area contributed by atoms with Gasteiger partial charge in [0, 0.05) is 24.4 Å². The summed E-state index contributed by atoms with van der Waals surface area (Å²) < 4.78 is 5.34. The molecule has 2 aliphatic rings. The molecule has 0 aromatic rings. The predicted octanol–water partition coefficient (Wildman–Crippen LogP) is 2.38. The minimum Gasteiger partial charge on any atom is -0.444 e. The first-order chi connectivity index (χ1) is 8.94. The van der Waals surface area contributed by atoms with Crippen LogP contribution in [0.25, 0.3) is 0 Å². The summed E-state index contributed by atoms with van der Waals surface area (Å²) in [6.07, 6.45) is 3.41. The standard InChI is InChI=1S/C14H26N2O2S/c1-14(2,3)18-13(17)16-12(10-4-5-10)8-15-11-6-7-19-9-11/h10-12,15H,4-9H2,1-3H3,(H,16,17). The molecule has 0 bridgehead atoms. The van der Waals surface area contributed by atoms with Crippen LogP contribution in [-0.2, 0) is 4.74 Å². The average molecular weight is 286 g/mol. The summed E-state index contributed by atoms with van der Waals surface area (Å²) in [5, 5.41) is 6.61. The smallest absolute Gasteiger partial charge is 0.407 e. The largest absolute Gasteiger partial charge is 0.444 e. The van der Waals surface area contributed by atoms with Gasteiger partial charge in [-0.25, -0.2) is 4.79 Å². The Kier molecular flexibility index (Phi) is 5.01. The van der Waals surface area contributed by atoms with Gasteiger partial charge in [0.25, 0.3) is 0 Å². The SMILES string of the molecule is CC(C)(C)OC(=O)NC(CNC1CCSC1)C1CC1. The lowest BCUT2D eigenvalue weighted by atomic mass is 10.1.